The Kier molecular flexibility index (Phi) is 6.99. The van der Waals surface area contributed by atoms with E-state index < -0.39 is 5.41 Å². The van der Waals surface area contributed by atoms with Crippen LogP contribution in [-0.4, -0.2) is 60.2 Å². The summed E-state index contributed by atoms with van der Waals surface area (Å²) in [6.07, 6.45) is 0.748. The zero-order valence-corrected chi connectivity index (χ0v) is 16.8. The highest BCUT2D eigenvalue weighted by Crippen LogP contribution is 2.26. The maximum Gasteiger partial charge on any atom is 0.242 e. The summed E-state index contributed by atoms with van der Waals surface area (Å²) in [5, 5.41) is 2.70. The highest BCUT2D eigenvalue weighted by Gasteiger charge is 2.35. The fourth-order valence-corrected chi connectivity index (χ4v) is 3.17. The van der Waals surface area contributed by atoms with Crippen molar-refractivity contribution in [1.29, 1.82) is 0 Å². The van der Waals surface area contributed by atoms with E-state index in [4.69, 9.17) is 0 Å². The second-order valence-corrected chi connectivity index (χ2v) is 7.69. The van der Waals surface area contributed by atoms with E-state index in [1.807, 2.05) is 62.9 Å². The molecule has 6 nitrogen and oxygen atoms in total. The average Bonchev–Trinajstić information content (AvgIpc) is 2.71. The van der Waals surface area contributed by atoms with Gasteiger partial charge in [-0.1, -0.05) is 44.2 Å². The van der Waals surface area contributed by atoms with E-state index in [1.54, 1.807) is 4.90 Å². The molecule has 1 atom stereocenters. The zero-order valence-electron chi connectivity index (χ0n) is 16.8. The number of rotatable bonds is 6. The molecule has 0 aliphatic carbocycles. The molecule has 148 valence electrons. The number of nitrogens with zero attached hydrogens (tertiary/aromatic N) is 2. The Hall–Kier alpha value is -2.37. The van der Waals surface area contributed by atoms with E-state index in [-0.39, 0.29) is 30.2 Å². The summed E-state index contributed by atoms with van der Waals surface area (Å²) in [6, 6.07) is 9.76. The molecule has 0 aromatic heterocycles. The first-order valence-corrected chi connectivity index (χ1v) is 9.67. The van der Waals surface area contributed by atoms with E-state index in [0.717, 1.165) is 12.0 Å². The number of benzene rings is 1. The minimum atomic E-state index is -0.599. The summed E-state index contributed by atoms with van der Waals surface area (Å²) in [6.45, 7) is 9.70. The van der Waals surface area contributed by atoms with E-state index in [0.29, 0.717) is 26.2 Å². The van der Waals surface area contributed by atoms with Crippen molar-refractivity contribution in [2.45, 2.75) is 39.5 Å². The molecule has 1 aromatic carbocycles. The zero-order chi connectivity index (χ0) is 20.0. The Balaban J connectivity index is 1.86. The molecule has 0 unspecified atom stereocenters. The van der Waals surface area contributed by atoms with Crippen molar-refractivity contribution < 1.29 is 14.4 Å². The van der Waals surface area contributed by atoms with Gasteiger partial charge in [-0.15, -0.1) is 0 Å². The van der Waals surface area contributed by atoms with E-state index in [1.165, 1.54) is 0 Å². The first-order valence-electron chi connectivity index (χ1n) is 9.67. The molecule has 6 heteroatoms. The lowest BCUT2D eigenvalue weighted by Gasteiger charge is -2.38. The van der Waals surface area contributed by atoms with Gasteiger partial charge in [0.25, 0.3) is 0 Å². The monoisotopic (exact) mass is 373 g/mol. The maximum atomic E-state index is 13.0. The molecule has 0 radical (unpaired) electrons. The number of hydrogen-bond donors (Lipinski definition) is 1. The van der Waals surface area contributed by atoms with Crippen molar-refractivity contribution in [3.05, 3.63) is 35.9 Å². The Morgan fingerprint density at radius 2 is 1.59 bits per heavy atom. The van der Waals surface area contributed by atoms with Gasteiger partial charge >= 0.3 is 0 Å². The largest absolute Gasteiger partial charge is 0.347 e. The molecule has 0 spiro atoms. The smallest absolute Gasteiger partial charge is 0.242 e. The molecular weight excluding hydrogens is 342 g/mol. The summed E-state index contributed by atoms with van der Waals surface area (Å²) < 4.78 is 0. The van der Waals surface area contributed by atoms with Crippen LogP contribution in [0.4, 0.5) is 0 Å². The SMILES string of the molecule is CC[C@H](C)C(=O)NCC(=O)N1CCN(C(=O)C(C)(C)c2ccccc2)CC1. The Labute approximate surface area is 161 Å². The summed E-state index contributed by atoms with van der Waals surface area (Å²) >= 11 is 0. The molecule has 27 heavy (non-hydrogen) atoms. The van der Waals surface area contributed by atoms with E-state index in [2.05, 4.69) is 5.32 Å². The van der Waals surface area contributed by atoms with Crippen molar-refractivity contribution in [3.63, 3.8) is 0 Å². The Morgan fingerprint density at radius 1 is 1.04 bits per heavy atom. The minimum absolute atomic E-state index is 0.0205. The topological polar surface area (TPSA) is 69.7 Å². The lowest BCUT2D eigenvalue weighted by Crippen LogP contribution is -2.55. The first-order chi connectivity index (χ1) is 12.8. The van der Waals surface area contributed by atoms with Gasteiger partial charge in [0.2, 0.25) is 17.7 Å². The van der Waals surface area contributed by atoms with Gasteiger partial charge in [-0.2, -0.15) is 0 Å². The standard InChI is InChI=1S/C21H31N3O3/c1-5-16(2)19(26)22-15-18(25)23-11-13-24(14-12-23)20(27)21(3,4)17-9-7-6-8-10-17/h6-10,16H,5,11-15H2,1-4H3,(H,22,26)/t16-/m0/s1. The number of carbonyl (C=O) groups excluding carboxylic acids is 3. The van der Waals surface area contributed by atoms with Gasteiger partial charge < -0.3 is 15.1 Å². The van der Waals surface area contributed by atoms with Crippen LogP contribution in [0.2, 0.25) is 0 Å². The van der Waals surface area contributed by atoms with Gasteiger partial charge in [-0.25, -0.2) is 0 Å². The van der Waals surface area contributed by atoms with Gasteiger partial charge in [-0.05, 0) is 25.8 Å². The third-order valence-corrected chi connectivity index (χ3v) is 5.42. The lowest BCUT2D eigenvalue weighted by atomic mass is 9.83. The summed E-state index contributed by atoms with van der Waals surface area (Å²) in [7, 11) is 0. The lowest BCUT2D eigenvalue weighted by molar-refractivity contribution is -0.142. The predicted octanol–water partition coefficient (Wildman–Crippen LogP) is 1.80. The van der Waals surface area contributed by atoms with Crippen molar-refractivity contribution in [2.75, 3.05) is 32.7 Å². The molecule has 0 saturated carbocycles. The number of amides is 3. The van der Waals surface area contributed by atoms with Crippen molar-refractivity contribution in [3.8, 4) is 0 Å². The third kappa shape index (κ3) is 5.08. The molecule has 0 bridgehead atoms. The van der Waals surface area contributed by atoms with Crippen LogP contribution >= 0.6 is 0 Å². The molecule has 2 rings (SSSR count). The fraction of sp³-hybridized carbons (Fsp3) is 0.571. The second-order valence-electron chi connectivity index (χ2n) is 7.69. The molecule has 3 amide bonds. The maximum absolute atomic E-state index is 13.0. The number of carbonyl (C=O) groups is 3. The van der Waals surface area contributed by atoms with Crippen LogP contribution in [0.1, 0.15) is 39.7 Å². The normalized spacial score (nSPS) is 16.0. The van der Waals surface area contributed by atoms with E-state index in [9.17, 15) is 14.4 Å². The molecular formula is C21H31N3O3. The van der Waals surface area contributed by atoms with Gasteiger partial charge in [0, 0.05) is 32.1 Å². The summed E-state index contributed by atoms with van der Waals surface area (Å²) in [5.74, 6) is -0.205. The molecule has 1 saturated heterocycles. The van der Waals surface area contributed by atoms with Crippen molar-refractivity contribution in [2.24, 2.45) is 5.92 Å². The van der Waals surface area contributed by atoms with Crippen LogP contribution in [0, 0.1) is 5.92 Å². The number of hydrogen-bond acceptors (Lipinski definition) is 3. The number of piperazine rings is 1. The Morgan fingerprint density at radius 3 is 2.15 bits per heavy atom. The van der Waals surface area contributed by atoms with Crippen molar-refractivity contribution in [1.82, 2.24) is 15.1 Å². The summed E-state index contributed by atoms with van der Waals surface area (Å²) in [5.41, 5.74) is 0.388. The van der Waals surface area contributed by atoms with Crippen LogP contribution in [0.15, 0.2) is 30.3 Å². The average molecular weight is 373 g/mol. The Bertz CT molecular complexity index is 665. The van der Waals surface area contributed by atoms with Crippen LogP contribution in [0.3, 0.4) is 0 Å². The van der Waals surface area contributed by atoms with Gasteiger partial charge in [0.15, 0.2) is 0 Å². The van der Waals surface area contributed by atoms with Crippen molar-refractivity contribution >= 4 is 17.7 Å². The highest BCUT2D eigenvalue weighted by atomic mass is 16.2. The predicted molar refractivity (Wildman–Crippen MR) is 105 cm³/mol. The van der Waals surface area contributed by atoms with Crippen LogP contribution < -0.4 is 5.32 Å². The molecule has 1 aromatic rings. The van der Waals surface area contributed by atoms with Gasteiger partial charge in [0.1, 0.15) is 0 Å². The minimum Gasteiger partial charge on any atom is -0.347 e. The molecule has 1 N–H and O–H groups in total. The third-order valence-electron chi connectivity index (χ3n) is 5.42. The van der Waals surface area contributed by atoms with Crippen LogP contribution in [-0.2, 0) is 19.8 Å². The molecule has 1 aliphatic rings. The summed E-state index contributed by atoms with van der Waals surface area (Å²) in [4.78, 5) is 40.7. The second kappa shape index (κ2) is 9.02. The number of nitrogens with one attached hydrogen (secondary N) is 1. The first kappa shape index (κ1) is 20.9. The quantitative estimate of drug-likeness (QED) is 0.827. The molecule has 1 fully saturated rings. The fourth-order valence-electron chi connectivity index (χ4n) is 3.17. The van der Waals surface area contributed by atoms with E-state index >= 15 is 0 Å². The van der Waals surface area contributed by atoms with Gasteiger partial charge in [-0.3, -0.25) is 14.4 Å². The van der Waals surface area contributed by atoms with Gasteiger partial charge in [0.05, 0.1) is 12.0 Å². The molecule has 1 aliphatic heterocycles. The molecule has 1 heterocycles. The van der Waals surface area contributed by atoms with Crippen LogP contribution in [0.25, 0.3) is 0 Å². The van der Waals surface area contributed by atoms with Crippen LogP contribution in [0.5, 0.6) is 0 Å². The highest BCUT2D eigenvalue weighted by molar-refractivity contribution is 5.88.